The highest BCUT2D eigenvalue weighted by molar-refractivity contribution is 7.89. The summed E-state index contributed by atoms with van der Waals surface area (Å²) in [5.41, 5.74) is 0.301. The van der Waals surface area contributed by atoms with E-state index in [4.69, 9.17) is 9.26 Å². The molecule has 0 saturated carbocycles. The standard InChI is InChI=1S/C14H24N4O5S/c1-11-14(12(2)23-17-11)24(20,21)16-4-3-13(19)15-5-6-18-7-9-22-10-8-18/h16H,3-10H2,1-2H3,(H,15,19). The Kier molecular flexibility index (Phi) is 6.72. The Bertz CT molecular complexity index is 633. The van der Waals surface area contributed by atoms with Crippen LogP contribution in [0.5, 0.6) is 0 Å². The van der Waals surface area contributed by atoms with Crippen molar-refractivity contribution in [1.29, 1.82) is 0 Å². The van der Waals surface area contributed by atoms with Crippen LogP contribution in [0.1, 0.15) is 17.9 Å². The summed E-state index contributed by atoms with van der Waals surface area (Å²) < 4.78 is 36.9. The molecule has 9 nitrogen and oxygen atoms in total. The van der Waals surface area contributed by atoms with Gasteiger partial charge in [0.05, 0.1) is 13.2 Å². The van der Waals surface area contributed by atoms with Gasteiger partial charge in [0, 0.05) is 39.1 Å². The Morgan fingerprint density at radius 1 is 1.25 bits per heavy atom. The predicted octanol–water partition coefficient (Wildman–Crippen LogP) is -0.592. The van der Waals surface area contributed by atoms with Gasteiger partial charge in [0.25, 0.3) is 0 Å². The van der Waals surface area contributed by atoms with Gasteiger partial charge in [0.2, 0.25) is 15.9 Å². The molecule has 0 atom stereocenters. The van der Waals surface area contributed by atoms with Gasteiger partial charge in [-0.15, -0.1) is 0 Å². The fraction of sp³-hybridized carbons (Fsp3) is 0.714. The third kappa shape index (κ3) is 5.26. The SMILES string of the molecule is Cc1noc(C)c1S(=O)(=O)NCCC(=O)NCCN1CCOCC1. The van der Waals surface area contributed by atoms with E-state index in [1.165, 1.54) is 6.92 Å². The van der Waals surface area contributed by atoms with E-state index in [2.05, 4.69) is 20.1 Å². The van der Waals surface area contributed by atoms with Crippen molar-refractivity contribution in [3.8, 4) is 0 Å². The summed E-state index contributed by atoms with van der Waals surface area (Å²) in [6, 6.07) is 0. The first-order valence-electron chi connectivity index (χ1n) is 7.89. The number of rotatable bonds is 8. The summed E-state index contributed by atoms with van der Waals surface area (Å²) in [6.45, 7) is 7.59. The number of hydrogen-bond donors (Lipinski definition) is 2. The average molecular weight is 360 g/mol. The number of morpholine rings is 1. The van der Waals surface area contributed by atoms with Crippen molar-refractivity contribution >= 4 is 15.9 Å². The van der Waals surface area contributed by atoms with Crippen LogP contribution in [-0.4, -0.2) is 70.3 Å². The fourth-order valence-corrected chi connectivity index (χ4v) is 3.85. The van der Waals surface area contributed by atoms with Gasteiger partial charge in [-0.05, 0) is 13.8 Å². The molecule has 0 radical (unpaired) electrons. The highest BCUT2D eigenvalue weighted by Crippen LogP contribution is 2.18. The molecule has 1 aliphatic rings. The van der Waals surface area contributed by atoms with Crippen LogP contribution in [0.4, 0.5) is 0 Å². The first kappa shape index (κ1) is 18.8. The van der Waals surface area contributed by atoms with Crippen LogP contribution in [-0.2, 0) is 19.6 Å². The first-order valence-corrected chi connectivity index (χ1v) is 9.38. The lowest BCUT2D eigenvalue weighted by Crippen LogP contribution is -2.41. The van der Waals surface area contributed by atoms with Crippen molar-refractivity contribution in [3.63, 3.8) is 0 Å². The van der Waals surface area contributed by atoms with Crippen LogP contribution in [0, 0.1) is 13.8 Å². The van der Waals surface area contributed by atoms with E-state index >= 15 is 0 Å². The van der Waals surface area contributed by atoms with Crippen LogP contribution in [0.2, 0.25) is 0 Å². The Morgan fingerprint density at radius 3 is 2.58 bits per heavy atom. The minimum absolute atomic E-state index is 0.0236. The maximum Gasteiger partial charge on any atom is 0.245 e. The van der Waals surface area contributed by atoms with E-state index in [9.17, 15) is 13.2 Å². The second-order valence-corrected chi connectivity index (χ2v) is 7.31. The van der Waals surface area contributed by atoms with Crippen molar-refractivity contribution in [3.05, 3.63) is 11.5 Å². The third-order valence-corrected chi connectivity index (χ3v) is 5.44. The summed E-state index contributed by atoms with van der Waals surface area (Å²) in [6.07, 6.45) is 0.0751. The van der Waals surface area contributed by atoms with Gasteiger partial charge in [-0.1, -0.05) is 5.16 Å². The smallest absolute Gasteiger partial charge is 0.245 e. The van der Waals surface area contributed by atoms with E-state index in [1.54, 1.807) is 6.92 Å². The number of carbonyl (C=O) groups is 1. The molecular weight excluding hydrogens is 336 g/mol. The van der Waals surface area contributed by atoms with E-state index in [1.807, 2.05) is 0 Å². The molecule has 2 rings (SSSR count). The molecule has 0 aromatic carbocycles. The van der Waals surface area contributed by atoms with Crippen molar-refractivity contribution in [1.82, 2.24) is 20.1 Å². The molecule has 1 aromatic heterocycles. The zero-order valence-corrected chi connectivity index (χ0v) is 14.8. The Hall–Kier alpha value is -1.49. The Labute approximate surface area is 141 Å². The number of amides is 1. The third-order valence-electron chi connectivity index (χ3n) is 3.73. The molecule has 136 valence electrons. The van der Waals surface area contributed by atoms with Crippen molar-refractivity contribution in [2.75, 3.05) is 45.9 Å². The number of nitrogens with zero attached hydrogens (tertiary/aromatic N) is 2. The summed E-state index contributed by atoms with van der Waals surface area (Å²) in [7, 11) is -3.72. The van der Waals surface area contributed by atoms with E-state index in [0.29, 0.717) is 12.2 Å². The van der Waals surface area contributed by atoms with E-state index < -0.39 is 10.0 Å². The molecule has 2 heterocycles. The second-order valence-electron chi connectivity index (χ2n) is 5.61. The molecule has 0 unspecified atom stereocenters. The van der Waals surface area contributed by atoms with Gasteiger partial charge < -0.3 is 14.6 Å². The molecule has 24 heavy (non-hydrogen) atoms. The number of aromatic nitrogens is 1. The zero-order chi connectivity index (χ0) is 17.6. The first-order chi connectivity index (χ1) is 11.4. The van der Waals surface area contributed by atoms with Gasteiger partial charge >= 0.3 is 0 Å². The van der Waals surface area contributed by atoms with Crippen LogP contribution < -0.4 is 10.0 Å². The van der Waals surface area contributed by atoms with Crippen LogP contribution in [0.25, 0.3) is 0 Å². The Morgan fingerprint density at radius 2 is 1.96 bits per heavy atom. The van der Waals surface area contributed by atoms with Gasteiger partial charge in [-0.2, -0.15) is 0 Å². The van der Waals surface area contributed by atoms with Gasteiger partial charge in [-0.25, -0.2) is 13.1 Å². The Balaban J connectivity index is 1.68. The lowest BCUT2D eigenvalue weighted by atomic mass is 10.4. The molecule has 1 fully saturated rings. The van der Waals surface area contributed by atoms with Crippen LogP contribution in [0.3, 0.4) is 0 Å². The van der Waals surface area contributed by atoms with Gasteiger partial charge in [-0.3, -0.25) is 9.69 Å². The summed E-state index contributed by atoms with van der Waals surface area (Å²) in [5, 5.41) is 6.41. The predicted molar refractivity (Wildman–Crippen MR) is 86.1 cm³/mol. The van der Waals surface area contributed by atoms with E-state index in [-0.39, 0.29) is 29.5 Å². The monoisotopic (exact) mass is 360 g/mol. The molecule has 1 aliphatic heterocycles. The molecule has 0 bridgehead atoms. The van der Waals surface area contributed by atoms with E-state index in [0.717, 1.165) is 32.8 Å². The second kappa shape index (κ2) is 8.56. The molecule has 1 amide bonds. The number of ether oxygens (including phenoxy) is 1. The average Bonchev–Trinajstić information content (AvgIpc) is 2.88. The maximum absolute atomic E-state index is 12.2. The number of nitrogens with one attached hydrogen (secondary N) is 2. The molecular formula is C14H24N4O5S. The van der Waals surface area contributed by atoms with Crippen LogP contribution >= 0.6 is 0 Å². The quantitative estimate of drug-likeness (QED) is 0.637. The summed E-state index contributed by atoms with van der Waals surface area (Å²) in [4.78, 5) is 14.0. The fourth-order valence-electron chi connectivity index (χ4n) is 2.50. The molecule has 2 N–H and O–H groups in total. The minimum Gasteiger partial charge on any atom is -0.379 e. The largest absolute Gasteiger partial charge is 0.379 e. The minimum atomic E-state index is -3.72. The molecule has 10 heteroatoms. The lowest BCUT2D eigenvalue weighted by Gasteiger charge is -2.26. The molecule has 1 saturated heterocycles. The zero-order valence-electron chi connectivity index (χ0n) is 14.0. The number of hydrogen-bond acceptors (Lipinski definition) is 7. The number of carbonyl (C=O) groups excluding carboxylic acids is 1. The molecule has 1 aromatic rings. The van der Waals surface area contributed by atoms with Gasteiger partial charge in [0.15, 0.2) is 5.76 Å². The van der Waals surface area contributed by atoms with Crippen molar-refractivity contribution < 1.29 is 22.5 Å². The lowest BCUT2D eigenvalue weighted by molar-refractivity contribution is -0.121. The number of aryl methyl sites for hydroxylation is 2. The normalized spacial score (nSPS) is 16.2. The van der Waals surface area contributed by atoms with Crippen LogP contribution in [0.15, 0.2) is 9.42 Å². The molecule has 0 aliphatic carbocycles. The highest BCUT2D eigenvalue weighted by atomic mass is 32.2. The van der Waals surface area contributed by atoms with Crippen molar-refractivity contribution in [2.45, 2.75) is 25.2 Å². The van der Waals surface area contributed by atoms with Crippen molar-refractivity contribution in [2.24, 2.45) is 0 Å². The highest BCUT2D eigenvalue weighted by Gasteiger charge is 2.23. The summed E-state index contributed by atoms with van der Waals surface area (Å²) in [5.74, 6) is 0.0414. The van der Waals surface area contributed by atoms with Gasteiger partial charge in [0.1, 0.15) is 10.6 Å². The number of sulfonamides is 1. The maximum atomic E-state index is 12.2. The molecule has 0 spiro atoms. The summed E-state index contributed by atoms with van der Waals surface area (Å²) >= 11 is 0. The topological polar surface area (TPSA) is 114 Å².